The molecular formula is C30H27F4N3O3. The molecule has 1 aliphatic rings. The molecule has 1 aliphatic carbocycles. The first-order valence-corrected chi connectivity index (χ1v) is 12.9. The summed E-state index contributed by atoms with van der Waals surface area (Å²) >= 11 is 0. The summed E-state index contributed by atoms with van der Waals surface area (Å²) in [4.78, 5) is 30.5. The minimum Gasteiger partial charge on any atom is -0.494 e. The Bertz CT molecular complexity index is 1610. The molecule has 40 heavy (non-hydrogen) atoms. The Morgan fingerprint density at radius 1 is 1.07 bits per heavy atom. The zero-order chi connectivity index (χ0) is 28.6. The number of aryl methyl sites for hydroxylation is 1. The summed E-state index contributed by atoms with van der Waals surface area (Å²) in [7, 11) is 1.31. The summed E-state index contributed by atoms with van der Waals surface area (Å²) in [6.07, 6.45) is -1.25. The number of nitrogens with zero attached hydrogens (tertiary/aromatic N) is 2. The van der Waals surface area contributed by atoms with Crippen LogP contribution in [0, 0.1) is 18.7 Å². The monoisotopic (exact) mass is 553 g/mol. The van der Waals surface area contributed by atoms with E-state index in [1.54, 1.807) is 22.8 Å². The summed E-state index contributed by atoms with van der Waals surface area (Å²) in [5, 5.41) is 2.76. The number of halogens is 4. The van der Waals surface area contributed by atoms with Crippen molar-refractivity contribution in [1.82, 2.24) is 9.55 Å². The summed E-state index contributed by atoms with van der Waals surface area (Å²) in [5.74, 6) is -0.698. The van der Waals surface area contributed by atoms with Gasteiger partial charge in [-0.2, -0.15) is 13.2 Å². The first-order valence-electron chi connectivity index (χ1n) is 12.9. The van der Waals surface area contributed by atoms with Gasteiger partial charge in [0.15, 0.2) is 23.1 Å². The van der Waals surface area contributed by atoms with E-state index in [9.17, 15) is 27.2 Å². The van der Waals surface area contributed by atoms with Crippen LogP contribution in [0.4, 0.5) is 23.2 Å². The van der Waals surface area contributed by atoms with E-state index in [1.165, 1.54) is 31.6 Å². The minimum absolute atomic E-state index is 0.0194. The number of fused-ring (bicyclic) bond motifs is 1. The van der Waals surface area contributed by atoms with Gasteiger partial charge in [0.05, 0.1) is 24.7 Å². The van der Waals surface area contributed by atoms with Crippen LogP contribution in [0.15, 0.2) is 54.9 Å². The van der Waals surface area contributed by atoms with Gasteiger partial charge in [0.25, 0.3) is 0 Å². The molecule has 6 nitrogen and oxygen atoms in total. The highest BCUT2D eigenvalue weighted by Gasteiger charge is 2.27. The van der Waals surface area contributed by atoms with Crippen LogP contribution in [0.1, 0.15) is 57.5 Å². The molecule has 0 bridgehead atoms. The van der Waals surface area contributed by atoms with Crippen molar-refractivity contribution in [3.05, 3.63) is 82.9 Å². The number of ketones is 2. The highest BCUT2D eigenvalue weighted by molar-refractivity contribution is 6.12. The molecule has 208 valence electrons. The van der Waals surface area contributed by atoms with Crippen molar-refractivity contribution >= 4 is 28.3 Å². The number of Topliss-reactive ketones (excluding diaryl/α,β-unsaturated/α-hetero) is 1. The third-order valence-electron chi connectivity index (χ3n) is 7.01. The number of hydrogen-bond acceptors (Lipinski definition) is 5. The lowest BCUT2D eigenvalue weighted by molar-refractivity contribution is -0.131. The zero-order valence-corrected chi connectivity index (χ0v) is 21.9. The van der Waals surface area contributed by atoms with Gasteiger partial charge in [0.1, 0.15) is 11.8 Å². The number of ether oxygens (including phenoxy) is 1. The lowest BCUT2D eigenvalue weighted by atomic mass is 10.00. The van der Waals surface area contributed by atoms with Gasteiger partial charge >= 0.3 is 6.18 Å². The lowest BCUT2D eigenvalue weighted by Gasteiger charge is -2.13. The summed E-state index contributed by atoms with van der Waals surface area (Å²) in [6, 6.07) is 12.2. The van der Waals surface area contributed by atoms with Gasteiger partial charge in [-0.05, 0) is 79.8 Å². The van der Waals surface area contributed by atoms with E-state index >= 15 is 0 Å². The fraction of sp³-hybridized carbons (Fsp3) is 0.300. The fourth-order valence-electron chi connectivity index (χ4n) is 4.71. The molecule has 0 aliphatic heterocycles. The Balaban J connectivity index is 1.55. The van der Waals surface area contributed by atoms with Crippen LogP contribution in [0.25, 0.3) is 16.7 Å². The first-order chi connectivity index (χ1) is 19.0. The smallest absolute Gasteiger partial charge is 0.390 e. The number of anilines is 1. The van der Waals surface area contributed by atoms with E-state index in [0.29, 0.717) is 34.6 Å². The van der Waals surface area contributed by atoms with E-state index < -0.39 is 30.7 Å². The van der Waals surface area contributed by atoms with Gasteiger partial charge < -0.3 is 10.1 Å². The highest BCUT2D eigenvalue weighted by Crippen LogP contribution is 2.34. The number of hydrogen-bond donors (Lipinski definition) is 1. The number of alkyl halides is 3. The molecule has 1 aromatic heterocycles. The average molecular weight is 554 g/mol. The molecule has 0 radical (unpaired) electrons. The van der Waals surface area contributed by atoms with Crippen LogP contribution in [-0.4, -0.2) is 40.9 Å². The number of aromatic nitrogens is 2. The second kappa shape index (κ2) is 10.7. The van der Waals surface area contributed by atoms with Gasteiger partial charge in [-0.25, -0.2) is 9.37 Å². The van der Waals surface area contributed by atoms with Gasteiger partial charge in [-0.1, -0.05) is 0 Å². The number of nitrogens with one attached hydrogen (secondary N) is 1. The average Bonchev–Trinajstić information content (AvgIpc) is 3.61. The van der Waals surface area contributed by atoms with Gasteiger partial charge in [-0.15, -0.1) is 0 Å². The van der Waals surface area contributed by atoms with Crippen LogP contribution >= 0.6 is 0 Å². The molecule has 0 unspecified atom stereocenters. The number of methoxy groups -OCH3 is 1. The van der Waals surface area contributed by atoms with Crippen LogP contribution in [0.5, 0.6) is 5.75 Å². The van der Waals surface area contributed by atoms with Crippen LogP contribution < -0.4 is 10.1 Å². The fourth-order valence-corrected chi connectivity index (χ4v) is 4.71. The topological polar surface area (TPSA) is 73.2 Å². The molecule has 1 N–H and O–H groups in total. The predicted molar refractivity (Wildman–Crippen MR) is 143 cm³/mol. The first kappa shape index (κ1) is 27.4. The van der Waals surface area contributed by atoms with Crippen molar-refractivity contribution in [2.75, 3.05) is 19.0 Å². The molecule has 1 fully saturated rings. The van der Waals surface area contributed by atoms with E-state index in [4.69, 9.17) is 4.74 Å². The number of rotatable bonds is 10. The molecule has 5 rings (SSSR count). The molecule has 10 heteroatoms. The van der Waals surface area contributed by atoms with E-state index in [0.717, 1.165) is 24.5 Å². The number of benzene rings is 3. The van der Waals surface area contributed by atoms with E-state index in [1.807, 2.05) is 13.0 Å². The third kappa shape index (κ3) is 5.85. The maximum absolute atomic E-state index is 14.3. The second-order valence-corrected chi connectivity index (χ2v) is 10.0. The van der Waals surface area contributed by atoms with Gasteiger partial charge in [0, 0.05) is 35.3 Å². The van der Waals surface area contributed by atoms with Crippen molar-refractivity contribution < 1.29 is 31.9 Å². The minimum atomic E-state index is -4.37. The quantitative estimate of drug-likeness (QED) is 0.168. The number of carbonyl (C=O) groups is 2. The van der Waals surface area contributed by atoms with Crippen molar-refractivity contribution in [2.45, 2.75) is 38.8 Å². The standard InChI is InChI=1S/C30H27F4N3O3/c1-17-11-21(6-7-22(17)26(38)12-18-3-4-18)37-16-36-28-24(35-10-9-30(32,33)34)14-20(15-25(28)37)29(39)19-5-8-27(40-2)23(31)13-19/h5-8,11,13-16,18,35H,3-4,9-10,12H2,1-2H3. The van der Waals surface area contributed by atoms with E-state index in [2.05, 4.69) is 10.3 Å². The van der Waals surface area contributed by atoms with Crippen molar-refractivity contribution in [1.29, 1.82) is 0 Å². The molecule has 3 aromatic carbocycles. The summed E-state index contributed by atoms with van der Waals surface area (Å²) in [6.45, 7) is 1.43. The normalized spacial score (nSPS) is 13.4. The maximum atomic E-state index is 14.3. The van der Waals surface area contributed by atoms with Crippen molar-refractivity contribution in [3.63, 3.8) is 0 Å². The second-order valence-electron chi connectivity index (χ2n) is 10.0. The van der Waals surface area contributed by atoms with Crippen LogP contribution in [0.3, 0.4) is 0 Å². The van der Waals surface area contributed by atoms with Crippen LogP contribution in [-0.2, 0) is 0 Å². The zero-order valence-electron chi connectivity index (χ0n) is 21.9. The Morgan fingerprint density at radius 3 is 2.50 bits per heavy atom. The number of carbonyl (C=O) groups excluding carboxylic acids is 2. The third-order valence-corrected chi connectivity index (χ3v) is 7.01. The van der Waals surface area contributed by atoms with Crippen molar-refractivity contribution in [3.8, 4) is 11.4 Å². The summed E-state index contributed by atoms with van der Waals surface area (Å²) in [5.41, 5.74) is 3.37. The molecule has 0 amide bonds. The van der Waals surface area contributed by atoms with Gasteiger partial charge in [-0.3, -0.25) is 14.2 Å². The van der Waals surface area contributed by atoms with Gasteiger partial charge in [0.2, 0.25) is 0 Å². The molecule has 0 saturated heterocycles. The molecule has 0 spiro atoms. The van der Waals surface area contributed by atoms with E-state index in [-0.39, 0.29) is 28.3 Å². The SMILES string of the molecule is COc1ccc(C(=O)c2cc(NCCC(F)(F)F)c3ncn(-c4ccc(C(=O)CC5CC5)c(C)c4)c3c2)cc1F. The molecule has 0 atom stereocenters. The number of imidazole rings is 1. The largest absolute Gasteiger partial charge is 0.494 e. The Labute approximate surface area is 228 Å². The lowest BCUT2D eigenvalue weighted by Crippen LogP contribution is -2.15. The van der Waals surface area contributed by atoms with Crippen LogP contribution in [0.2, 0.25) is 0 Å². The predicted octanol–water partition coefficient (Wildman–Crippen LogP) is 7.06. The molecule has 1 heterocycles. The summed E-state index contributed by atoms with van der Waals surface area (Å²) < 4.78 is 59.5. The Hall–Kier alpha value is -4.21. The Kier molecular flexibility index (Phi) is 7.35. The van der Waals surface area contributed by atoms with Crippen molar-refractivity contribution in [2.24, 2.45) is 5.92 Å². The highest BCUT2D eigenvalue weighted by atomic mass is 19.4. The maximum Gasteiger partial charge on any atom is 0.390 e. The molecule has 4 aromatic rings. The molecular weight excluding hydrogens is 526 g/mol. The Morgan fingerprint density at radius 2 is 1.85 bits per heavy atom. The molecule has 1 saturated carbocycles.